The SMILES string of the molecule is Cn1c(=O)n(C)c2cc(-c3csc(N)n3)c(Br)cc21. The van der Waals surface area contributed by atoms with Crippen molar-refractivity contribution in [2.75, 3.05) is 5.73 Å². The lowest BCUT2D eigenvalue weighted by molar-refractivity contribution is 0.795. The molecule has 7 heteroatoms. The Balaban J connectivity index is 2.36. The van der Waals surface area contributed by atoms with Gasteiger partial charge in [0.15, 0.2) is 5.13 Å². The first-order valence-corrected chi connectivity index (χ1v) is 7.22. The Morgan fingerprint density at radius 1 is 1.26 bits per heavy atom. The van der Waals surface area contributed by atoms with Gasteiger partial charge >= 0.3 is 5.69 Å². The molecule has 3 rings (SSSR count). The van der Waals surface area contributed by atoms with E-state index in [0.29, 0.717) is 5.13 Å². The highest BCUT2D eigenvalue weighted by molar-refractivity contribution is 9.10. The van der Waals surface area contributed by atoms with Crippen LogP contribution in [0.1, 0.15) is 0 Å². The number of halogens is 1. The van der Waals surface area contributed by atoms with E-state index in [1.165, 1.54) is 11.3 Å². The van der Waals surface area contributed by atoms with Gasteiger partial charge in [-0.15, -0.1) is 11.3 Å². The molecule has 0 fully saturated rings. The molecule has 2 N–H and O–H groups in total. The van der Waals surface area contributed by atoms with Crippen LogP contribution in [0.2, 0.25) is 0 Å². The minimum atomic E-state index is -0.0446. The highest BCUT2D eigenvalue weighted by atomic mass is 79.9. The Hall–Kier alpha value is -1.60. The Morgan fingerprint density at radius 2 is 1.89 bits per heavy atom. The zero-order valence-corrected chi connectivity index (χ0v) is 12.7. The number of anilines is 1. The summed E-state index contributed by atoms with van der Waals surface area (Å²) in [6.07, 6.45) is 0. The minimum absolute atomic E-state index is 0.0446. The van der Waals surface area contributed by atoms with Gasteiger partial charge in [0.05, 0.1) is 16.7 Å². The fraction of sp³-hybridized carbons (Fsp3) is 0.167. The Kier molecular flexibility index (Phi) is 2.75. The molecule has 0 aliphatic rings. The first-order chi connectivity index (χ1) is 8.99. The van der Waals surface area contributed by atoms with Gasteiger partial charge in [-0.1, -0.05) is 15.9 Å². The monoisotopic (exact) mass is 338 g/mol. The van der Waals surface area contributed by atoms with E-state index in [-0.39, 0.29) is 5.69 Å². The van der Waals surface area contributed by atoms with E-state index >= 15 is 0 Å². The zero-order chi connectivity index (χ0) is 13.7. The number of imidazole rings is 1. The van der Waals surface area contributed by atoms with Crippen LogP contribution in [0, 0.1) is 0 Å². The molecule has 1 aromatic carbocycles. The molecule has 0 spiro atoms. The standard InChI is InChI=1S/C12H11BrN4OS/c1-16-9-3-6(8-5-19-11(14)15-8)7(13)4-10(9)17(2)12(16)18/h3-5H,1-2H3,(H2,14,15). The molecule has 0 aliphatic carbocycles. The molecule has 0 atom stereocenters. The molecular weight excluding hydrogens is 328 g/mol. The third kappa shape index (κ3) is 1.81. The van der Waals surface area contributed by atoms with Crippen LogP contribution in [-0.2, 0) is 14.1 Å². The highest BCUT2D eigenvalue weighted by Crippen LogP contribution is 2.33. The van der Waals surface area contributed by atoms with Crippen LogP contribution >= 0.6 is 27.3 Å². The Bertz CT molecular complexity index is 845. The summed E-state index contributed by atoms with van der Waals surface area (Å²) in [7, 11) is 3.52. The van der Waals surface area contributed by atoms with Gasteiger partial charge in [-0.3, -0.25) is 9.13 Å². The lowest BCUT2D eigenvalue weighted by Gasteiger charge is -2.03. The Morgan fingerprint density at radius 3 is 2.47 bits per heavy atom. The molecule has 5 nitrogen and oxygen atoms in total. The number of nitrogens with zero attached hydrogens (tertiary/aromatic N) is 3. The summed E-state index contributed by atoms with van der Waals surface area (Å²) < 4.78 is 4.15. The van der Waals surface area contributed by atoms with Crippen molar-refractivity contribution in [3.63, 3.8) is 0 Å². The predicted molar refractivity (Wildman–Crippen MR) is 81.4 cm³/mol. The summed E-state index contributed by atoms with van der Waals surface area (Å²) >= 11 is 4.93. The predicted octanol–water partition coefficient (Wildman–Crippen LogP) is 2.35. The van der Waals surface area contributed by atoms with Crippen LogP contribution in [0.15, 0.2) is 26.8 Å². The van der Waals surface area contributed by atoms with Crippen molar-refractivity contribution in [2.24, 2.45) is 14.1 Å². The second-order valence-corrected chi connectivity index (χ2v) is 6.04. The van der Waals surface area contributed by atoms with Gasteiger partial charge in [0.1, 0.15) is 0 Å². The van der Waals surface area contributed by atoms with Gasteiger partial charge in [0.2, 0.25) is 0 Å². The molecule has 2 aromatic heterocycles. The van der Waals surface area contributed by atoms with Crippen LogP contribution in [0.4, 0.5) is 5.13 Å². The summed E-state index contributed by atoms with van der Waals surface area (Å²) in [6.45, 7) is 0. The molecular formula is C12H11BrN4OS. The average molecular weight is 339 g/mol. The highest BCUT2D eigenvalue weighted by Gasteiger charge is 2.13. The van der Waals surface area contributed by atoms with Crippen molar-refractivity contribution < 1.29 is 0 Å². The fourth-order valence-corrected chi connectivity index (χ4v) is 3.22. The van der Waals surface area contributed by atoms with Crippen molar-refractivity contribution in [2.45, 2.75) is 0 Å². The van der Waals surface area contributed by atoms with Crippen molar-refractivity contribution in [3.05, 3.63) is 32.5 Å². The normalized spacial score (nSPS) is 11.3. The molecule has 0 saturated carbocycles. The van der Waals surface area contributed by atoms with Crippen LogP contribution in [0.25, 0.3) is 22.3 Å². The van der Waals surface area contributed by atoms with E-state index in [0.717, 1.165) is 26.8 Å². The van der Waals surface area contributed by atoms with Crippen LogP contribution in [0.3, 0.4) is 0 Å². The maximum absolute atomic E-state index is 11.9. The molecule has 0 aliphatic heterocycles. The largest absolute Gasteiger partial charge is 0.375 e. The van der Waals surface area contributed by atoms with Gasteiger partial charge in [0, 0.05) is 29.5 Å². The molecule has 2 heterocycles. The lowest BCUT2D eigenvalue weighted by atomic mass is 10.1. The van der Waals surface area contributed by atoms with Crippen molar-refractivity contribution >= 4 is 43.4 Å². The van der Waals surface area contributed by atoms with E-state index in [4.69, 9.17) is 5.73 Å². The van der Waals surface area contributed by atoms with Gasteiger partial charge in [-0.25, -0.2) is 9.78 Å². The summed E-state index contributed by atoms with van der Waals surface area (Å²) in [5, 5.41) is 2.44. The molecule has 19 heavy (non-hydrogen) atoms. The second-order valence-electron chi connectivity index (χ2n) is 4.29. The molecule has 0 radical (unpaired) electrons. The number of rotatable bonds is 1. The van der Waals surface area contributed by atoms with E-state index in [1.807, 2.05) is 17.5 Å². The van der Waals surface area contributed by atoms with Gasteiger partial charge in [0.25, 0.3) is 0 Å². The number of hydrogen-bond acceptors (Lipinski definition) is 4. The van der Waals surface area contributed by atoms with Crippen LogP contribution in [0.5, 0.6) is 0 Å². The minimum Gasteiger partial charge on any atom is -0.375 e. The number of fused-ring (bicyclic) bond motifs is 1. The summed E-state index contributed by atoms with van der Waals surface area (Å²) in [6, 6.07) is 3.89. The van der Waals surface area contributed by atoms with E-state index < -0.39 is 0 Å². The first-order valence-electron chi connectivity index (χ1n) is 5.55. The number of nitrogen functional groups attached to an aromatic ring is 1. The summed E-state index contributed by atoms with van der Waals surface area (Å²) in [5.74, 6) is 0. The number of nitrogens with two attached hydrogens (primary N) is 1. The van der Waals surface area contributed by atoms with Gasteiger partial charge in [-0.05, 0) is 12.1 Å². The van der Waals surface area contributed by atoms with Crippen molar-refractivity contribution in [1.82, 2.24) is 14.1 Å². The third-order valence-corrected chi connectivity index (χ3v) is 4.49. The van der Waals surface area contributed by atoms with E-state index in [1.54, 1.807) is 23.2 Å². The fourth-order valence-electron chi connectivity index (χ4n) is 2.13. The number of benzene rings is 1. The zero-order valence-electron chi connectivity index (χ0n) is 10.3. The molecule has 0 amide bonds. The quantitative estimate of drug-likeness (QED) is 0.740. The number of hydrogen-bond donors (Lipinski definition) is 1. The third-order valence-electron chi connectivity index (χ3n) is 3.16. The van der Waals surface area contributed by atoms with Crippen molar-refractivity contribution in [3.8, 4) is 11.3 Å². The maximum Gasteiger partial charge on any atom is 0.328 e. The number of aryl methyl sites for hydroxylation is 2. The lowest BCUT2D eigenvalue weighted by Crippen LogP contribution is -2.19. The second kappa shape index (κ2) is 4.21. The molecule has 0 saturated heterocycles. The topological polar surface area (TPSA) is 65.8 Å². The van der Waals surface area contributed by atoms with Crippen LogP contribution in [-0.4, -0.2) is 14.1 Å². The summed E-state index contributed by atoms with van der Waals surface area (Å²) in [4.78, 5) is 16.2. The molecule has 0 bridgehead atoms. The molecule has 98 valence electrons. The van der Waals surface area contributed by atoms with E-state index in [9.17, 15) is 4.79 Å². The van der Waals surface area contributed by atoms with Crippen molar-refractivity contribution in [1.29, 1.82) is 0 Å². The first kappa shape index (κ1) is 12.4. The van der Waals surface area contributed by atoms with Crippen LogP contribution < -0.4 is 11.4 Å². The smallest absolute Gasteiger partial charge is 0.328 e. The molecule has 3 aromatic rings. The van der Waals surface area contributed by atoms with E-state index in [2.05, 4.69) is 20.9 Å². The van der Waals surface area contributed by atoms with Gasteiger partial charge < -0.3 is 5.73 Å². The summed E-state index contributed by atoms with van der Waals surface area (Å²) in [5.41, 5.74) is 9.12. The number of thiazole rings is 1. The van der Waals surface area contributed by atoms with Gasteiger partial charge in [-0.2, -0.15) is 0 Å². The molecule has 0 unspecified atom stereocenters. The maximum atomic E-state index is 11.9. The Labute approximate surface area is 121 Å². The average Bonchev–Trinajstić information content (AvgIpc) is 2.89. The number of aromatic nitrogens is 3.